The van der Waals surface area contributed by atoms with Crippen LogP contribution in [0, 0.1) is 0 Å². The van der Waals surface area contributed by atoms with Crippen molar-refractivity contribution in [1.29, 1.82) is 0 Å². The molecule has 0 heterocycles. The number of carboxylic acids is 3. The van der Waals surface area contributed by atoms with Crippen LogP contribution in [0.5, 0.6) is 11.5 Å². The summed E-state index contributed by atoms with van der Waals surface area (Å²) in [7, 11) is 0. The van der Waals surface area contributed by atoms with Gasteiger partial charge in [-0.25, -0.2) is 9.59 Å². The molecule has 0 saturated carbocycles. The molecule has 0 atom stereocenters. The van der Waals surface area contributed by atoms with E-state index in [1.54, 1.807) is 12.1 Å². The van der Waals surface area contributed by atoms with Crippen molar-refractivity contribution in [2.24, 2.45) is 0 Å². The first-order chi connectivity index (χ1) is 12.8. The summed E-state index contributed by atoms with van der Waals surface area (Å²) in [5, 5.41) is 29.3. The molecule has 0 aliphatic rings. The molecular weight excluding hydrogens is 358 g/mol. The normalized spacial score (nSPS) is 10.1. The molecular formula is C18H15NO8. The van der Waals surface area contributed by atoms with Gasteiger partial charge in [-0.05, 0) is 30.3 Å². The lowest BCUT2D eigenvalue weighted by atomic mass is 10.1. The van der Waals surface area contributed by atoms with E-state index in [0.717, 1.165) is 12.1 Å². The third-order valence-electron chi connectivity index (χ3n) is 3.41. The van der Waals surface area contributed by atoms with Gasteiger partial charge >= 0.3 is 17.9 Å². The quantitative estimate of drug-likeness (QED) is 0.551. The van der Waals surface area contributed by atoms with E-state index < -0.39 is 29.4 Å². The summed E-state index contributed by atoms with van der Waals surface area (Å²) in [4.78, 5) is 44.7. The van der Waals surface area contributed by atoms with Gasteiger partial charge in [0.2, 0.25) is 5.91 Å². The van der Waals surface area contributed by atoms with Crippen LogP contribution in [0.25, 0.3) is 0 Å². The van der Waals surface area contributed by atoms with Crippen molar-refractivity contribution in [2.45, 2.75) is 12.8 Å². The van der Waals surface area contributed by atoms with Gasteiger partial charge in [0.15, 0.2) is 5.75 Å². The minimum atomic E-state index is -1.42. The summed E-state index contributed by atoms with van der Waals surface area (Å²) < 4.78 is 5.57. The first-order valence-corrected chi connectivity index (χ1v) is 7.67. The Hall–Kier alpha value is -3.88. The molecule has 4 N–H and O–H groups in total. The van der Waals surface area contributed by atoms with Crippen LogP contribution >= 0.6 is 0 Å². The molecule has 0 unspecified atom stereocenters. The van der Waals surface area contributed by atoms with E-state index in [-0.39, 0.29) is 35.6 Å². The number of aromatic carboxylic acids is 2. The molecule has 9 nitrogen and oxygen atoms in total. The average Bonchev–Trinajstić information content (AvgIpc) is 2.61. The number of hydrogen-bond acceptors (Lipinski definition) is 5. The van der Waals surface area contributed by atoms with Crippen molar-refractivity contribution in [3.63, 3.8) is 0 Å². The van der Waals surface area contributed by atoms with Gasteiger partial charge in [-0.15, -0.1) is 0 Å². The van der Waals surface area contributed by atoms with Crippen molar-refractivity contribution in [3.8, 4) is 11.5 Å². The number of aliphatic carboxylic acids is 1. The Morgan fingerprint density at radius 1 is 0.852 bits per heavy atom. The maximum atomic E-state index is 11.8. The van der Waals surface area contributed by atoms with Crippen molar-refractivity contribution < 1.29 is 39.2 Å². The zero-order valence-corrected chi connectivity index (χ0v) is 13.8. The largest absolute Gasteiger partial charge is 0.481 e. The summed E-state index contributed by atoms with van der Waals surface area (Å²) in [6.45, 7) is 0. The van der Waals surface area contributed by atoms with Crippen LogP contribution in [0.4, 0.5) is 5.69 Å². The number of ether oxygens (including phenoxy) is 1. The molecule has 2 rings (SSSR count). The lowest BCUT2D eigenvalue weighted by Gasteiger charge is -2.13. The molecule has 1 amide bonds. The van der Waals surface area contributed by atoms with Crippen molar-refractivity contribution in [1.82, 2.24) is 0 Å². The standard InChI is InChI=1S/C18H15NO8/c20-15(7-8-16(21)22)19-13-3-1-2-4-14(13)27-10-5-6-11(17(23)24)12(9-10)18(25)26/h1-6,9H,7-8H2,(H,19,20)(H,21,22)(H,23,24)(H,25,26). The van der Waals surface area contributed by atoms with E-state index in [0.29, 0.717) is 0 Å². The predicted octanol–water partition coefficient (Wildman–Crippen LogP) is 2.68. The number of benzene rings is 2. The smallest absolute Gasteiger partial charge is 0.336 e. The Kier molecular flexibility index (Phi) is 6.10. The molecule has 2 aromatic rings. The molecule has 27 heavy (non-hydrogen) atoms. The lowest BCUT2D eigenvalue weighted by molar-refractivity contribution is -0.138. The molecule has 2 aromatic carbocycles. The average molecular weight is 373 g/mol. The second-order valence-corrected chi connectivity index (χ2v) is 5.36. The number of hydrogen-bond donors (Lipinski definition) is 4. The van der Waals surface area contributed by atoms with Gasteiger partial charge in [0.25, 0.3) is 0 Å². The highest BCUT2D eigenvalue weighted by Crippen LogP contribution is 2.30. The second kappa shape index (κ2) is 8.48. The highest BCUT2D eigenvalue weighted by molar-refractivity contribution is 6.02. The van der Waals surface area contributed by atoms with Crippen LogP contribution in [-0.2, 0) is 9.59 Å². The van der Waals surface area contributed by atoms with E-state index in [2.05, 4.69) is 5.32 Å². The van der Waals surface area contributed by atoms with E-state index in [4.69, 9.17) is 20.1 Å². The van der Waals surface area contributed by atoms with Crippen molar-refractivity contribution >= 4 is 29.5 Å². The third kappa shape index (κ3) is 5.30. The van der Waals surface area contributed by atoms with Crippen LogP contribution in [0.3, 0.4) is 0 Å². The lowest BCUT2D eigenvalue weighted by Crippen LogP contribution is -2.13. The van der Waals surface area contributed by atoms with Gasteiger partial charge in [-0.3, -0.25) is 9.59 Å². The van der Waals surface area contributed by atoms with Crippen LogP contribution in [0.15, 0.2) is 42.5 Å². The maximum absolute atomic E-state index is 11.8. The molecule has 9 heteroatoms. The first kappa shape index (κ1) is 19.4. The Morgan fingerprint density at radius 2 is 1.52 bits per heavy atom. The SMILES string of the molecule is O=C(O)CCC(=O)Nc1ccccc1Oc1ccc(C(=O)O)c(C(=O)O)c1. The number of amides is 1. The van der Waals surface area contributed by atoms with E-state index in [9.17, 15) is 19.2 Å². The highest BCUT2D eigenvalue weighted by Gasteiger charge is 2.18. The Bertz CT molecular complexity index is 906. The molecule has 0 spiro atoms. The molecule has 0 aliphatic carbocycles. The van der Waals surface area contributed by atoms with Gasteiger partial charge in [0, 0.05) is 6.42 Å². The van der Waals surface area contributed by atoms with Gasteiger partial charge in [-0.1, -0.05) is 12.1 Å². The summed E-state index contributed by atoms with van der Waals surface area (Å²) >= 11 is 0. The Balaban J connectivity index is 2.24. The maximum Gasteiger partial charge on any atom is 0.336 e. The second-order valence-electron chi connectivity index (χ2n) is 5.36. The molecule has 0 fully saturated rings. The van der Waals surface area contributed by atoms with Gasteiger partial charge in [-0.2, -0.15) is 0 Å². The molecule has 0 aliphatic heterocycles. The molecule has 0 radical (unpaired) electrons. The molecule has 0 bridgehead atoms. The van der Waals surface area contributed by atoms with Crippen molar-refractivity contribution in [2.75, 3.05) is 5.32 Å². The molecule has 140 valence electrons. The third-order valence-corrected chi connectivity index (χ3v) is 3.41. The van der Waals surface area contributed by atoms with Crippen molar-refractivity contribution in [3.05, 3.63) is 53.6 Å². The summed E-state index contributed by atoms with van der Waals surface area (Å²) in [6.07, 6.45) is -0.548. The zero-order valence-electron chi connectivity index (χ0n) is 13.8. The molecule has 0 aromatic heterocycles. The van der Waals surface area contributed by atoms with Gasteiger partial charge in [0.1, 0.15) is 5.75 Å². The zero-order chi connectivity index (χ0) is 20.0. The minimum Gasteiger partial charge on any atom is -0.481 e. The Labute approximate surface area is 152 Å². The highest BCUT2D eigenvalue weighted by atomic mass is 16.5. The van der Waals surface area contributed by atoms with Crippen LogP contribution < -0.4 is 10.1 Å². The van der Waals surface area contributed by atoms with E-state index >= 15 is 0 Å². The van der Waals surface area contributed by atoms with E-state index in [1.165, 1.54) is 18.2 Å². The number of nitrogens with one attached hydrogen (secondary N) is 1. The van der Waals surface area contributed by atoms with E-state index in [1.807, 2.05) is 0 Å². The number of carboxylic acid groups (broad SMARTS) is 3. The predicted molar refractivity (Wildman–Crippen MR) is 92.4 cm³/mol. The minimum absolute atomic E-state index is 0.0598. The first-order valence-electron chi connectivity index (χ1n) is 7.67. The number of carbonyl (C=O) groups excluding carboxylic acids is 1. The fourth-order valence-corrected chi connectivity index (χ4v) is 2.17. The number of anilines is 1. The Morgan fingerprint density at radius 3 is 2.15 bits per heavy atom. The fourth-order valence-electron chi connectivity index (χ4n) is 2.17. The van der Waals surface area contributed by atoms with Gasteiger partial charge < -0.3 is 25.4 Å². The monoisotopic (exact) mass is 373 g/mol. The fraction of sp³-hybridized carbons (Fsp3) is 0.111. The van der Waals surface area contributed by atoms with Crippen LogP contribution in [0.2, 0.25) is 0 Å². The summed E-state index contributed by atoms with van der Waals surface area (Å²) in [6, 6.07) is 9.74. The number of carbonyl (C=O) groups is 4. The van der Waals surface area contributed by atoms with Gasteiger partial charge in [0.05, 0.1) is 23.2 Å². The number of rotatable bonds is 8. The topological polar surface area (TPSA) is 150 Å². The van der Waals surface area contributed by atoms with Crippen LogP contribution in [0.1, 0.15) is 33.6 Å². The summed E-state index contributed by atoms with van der Waals surface area (Å²) in [5.41, 5.74) is -0.569. The number of para-hydroxylation sites is 2. The summed E-state index contributed by atoms with van der Waals surface area (Å²) in [5.74, 6) is -4.20. The molecule has 0 saturated heterocycles. The van der Waals surface area contributed by atoms with Crippen LogP contribution in [-0.4, -0.2) is 39.1 Å².